The Hall–Kier alpha value is -3.81. The molecule has 1 aliphatic heterocycles. The number of carbonyl (C=O) groups excluding carboxylic acids is 3. The smallest absolute Gasteiger partial charge is 0.335 e. The molecule has 1 aliphatic rings. The highest BCUT2D eigenvalue weighted by atomic mass is 19.1. The Kier molecular flexibility index (Phi) is 4.67. The van der Waals surface area contributed by atoms with E-state index in [2.05, 4.69) is 4.98 Å². The maximum Gasteiger partial charge on any atom is 0.335 e. The molecule has 1 saturated heterocycles. The van der Waals surface area contributed by atoms with Crippen molar-refractivity contribution in [2.45, 2.75) is 19.5 Å². The first-order valence-electron chi connectivity index (χ1n) is 8.90. The fourth-order valence-electron chi connectivity index (χ4n) is 3.18. The molecular weight excluding hydrogens is 377 g/mol. The molecule has 0 N–H and O–H groups in total. The van der Waals surface area contributed by atoms with E-state index in [9.17, 15) is 18.8 Å². The molecule has 3 aromatic rings. The number of halogens is 1. The molecule has 0 bridgehead atoms. The number of rotatable bonds is 5. The van der Waals surface area contributed by atoms with E-state index in [-0.39, 0.29) is 18.1 Å². The van der Waals surface area contributed by atoms with Crippen molar-refractivity contribution in [2.75, 3.05) is 0 Å². The maximum atomic E-state index is 13.4. The van der Waals surface area contributed by atoms with E-state index in [1.54, 1.807) is 37.3 Å². The molecule has 2 heterocycles. The summed E-state index contributed by atoms with van der Waals surface area (Å²) in [6.45, 7) is 1.46. The van der Waals surface area contributed by atoms with Crippen LogP contribution in [0.1, 0.15) is 24.2 Å². The normalized spacial score (nSPS) is 15.3. The average molecular weight is 393 g/mol. The molecule has 146 valence electrons. The first-order chi connectivity index (χ1) is 14.0. The monoisotopic (exact) mass is 393 g/mol. The molecule has 1 aromatic heterocycles. The fourth-order valence-corrected chi connectivity index (χ4v) is 3.18. The van der Waals surface area contributed by atoms with Crippen molar-refractivity contribution in [1.82, 2.24) is 14.8 Å². The Morgan fingerprint density at radius 3 is 2.52 bits per heavy atom. The summed E-state index contributed by atoms with van der Waals surface area (Å²) in [5.41, 5.74) is 1.43. The highest BCUT2D eigenvalue weighted by molar-refractivity contribution is 6.44. The van der Waals surface area contributed by atoms with Crippen LogP contribution >= 0.6 is 0 Å². The predicted molar refractivity (Wildman–Crippen MR) is 99.5 cm³/mol. The Morgan fingerprint density at radius 1 is 1.03 bits per heavy atom. The van der Waals surface area contributed by atoms with Gasteiger partial charge in [0.1, 0.15) is 12.1 Å². The van der Waals surface area contributed by atoms with E-state index in [1.807, 2.05) is 6.07 Å². The average Bonchev–Trinajstić information content (AvgIpc) is 3.28. The van der Waals surface area contributed by atoms with E-state index >= 15 is 0 Å². The van der Waals surface area contributed by atoms with Crippen molar-refractivity contribution in [1.29, 1.82) is 0 Å². The highest BCUT2D eigenvalue weighted by Crippen LogP contribution is 2.27. The van der Waals surface area contributed by atoms with Crippen molar-refractivity contribution in [2.24, 2.45) is 0 Å². The summed E-state index contributed by atoms with van der Waals surface area (Å²) < 4.78 is 18.7. The third kappa shape index (κ3) is 3.40. The lowest BCUT2D eigenvalue weighted by atomic mass is 10.1. The minimum absolute atomic E-state index is 0.152. The van der Waals surface area contributed by atoms with Gasteiger partial charge in [-0.2, -0.15) is 0 Å². The van der Waals surface area contributed by atoms with E-state index in [0.29, 0.717) is 5.56 Å². The first-order valence-corrected chi connectivity index (χ1v) is 8.90. The number of hydrogen-bond donors (Lipinski definition) is 0. The van der Waals surface area contributed by atoms with Gasteiger partial charge in [0.2, 0.25) is 5.89 Å². The van der Waals surface area contributed by atoms with Crippen LogP contribution in [0.5, 0.6) is 0 Å². The summed E-state index contributed by atoms with van der Waals surface area (Å²) in [5.74, 6) is -2.10. The standard InChI is InChI=1S/C21H16FN3O4/c1-13(14-6-3-2-4-7-14)25-20(27)19(26)24(21(25)28)11-17-12-29-18(23-17)15-8-5-9-16(22)10-15/h2-10,12-13H,11H2,1H3. The summed E-state index contributed by atoms with van der Waals surface area (Å²) in [5, 5.41) is 0. The molecule has 1 fully saturated rings. The lowest BCUT2D eigenvalue weighted by Gasteiger charge is -2.22. The second kappa shape index (κ2) is 7.31. The summed E-state index contributed by atoms with van der Waals surface area (Å²) in [7, 11) is 0. The maximum absolute atomic E-state index is 13.4. The van der Waals surface area contributed by atoms with Crippen LogP contribution < -0.4 is 0 Å². The number of aromatic nitrogens is 1. The van der Waals surface area contributed by atoms with Crippen LogP contribution in [0.2, 0.25) is 0 Å². The van der Waals surface area contributed by atoms with Crippen LogP contribution in [0.25, 0.3) is 11.5 Å². The van der Waals surface area contributed by atoms with Gasteiger partial charge in [-0.05, 0) is 30.7 Å². The van der Waals surface area contributed by atoms with Gasteiger partial charge in [0, 0.05) is 5.56 Å². The molecular formula is C21H16FN3O4. The van der Waals surface area contributed by atoms with Gasteiger partial charge in [-0.3, -0.25) is 9.59 Å². The van der Waals surface area contributed by atoms with Gasteiger partial charge in [-0.25, -0.2) is 24.0 Å². The zero-order valence-electron chi connectivity index (χ0n) is 15.4. The Balaban J connectivity index is 1.55. The van der Waals surface area contributed by atoms with Crippen LogP contribution in [0, 0.1) is 5.82 Å². The van der Waals surface area contributed by atoms with E-state index < -0.39 is 29.7 Å². The Morgan fingerprint density at radius 2 is 1.79 bits per heavy atom. The van der Waals surface area contributed by atoms with Crippen molar-refractivity contribution >= 4 is 17.8 Å². The number of carbonyl (C=O) groups is 3. The number of benzene rings is 2. The summed E-state index contributed by atoms with van der Waals surface area (Å²) in [6.07, 6.45) is 1.27. The third-order valence-electron chi connectivity index (χ3n) is 4.70. The quantitative estimate of drug-likeness (QED) is 0.489. The van der Waals surface area contributed by atoms with Gasteiger partial charge in [0.25, 0.3) is 0 Å². The first kappa shape index (κ1) is 18.5. The van der Waals surface area contributed by atoms with Gasteiger partial charge in [0.05, 0.1) is 18.3 Å². The summed E-state index contributed by atoms with van der Waals surface area (Å²) >= 11 is 0. The number of imide groups is 2. The number of amides is 4. The van der Waals surface area contributed by atoms with Gasteiger partial charge in [-0.15, -0.1) is 0 Å². The van der Waals surface area contributed by atoms with Crippen LogP contribution in [0.3, 0.4) is 0 Å². The summed E-state index contributed by atoms with van der Waals surface area (Å²) in [6, 6.07) is 13.3. The second-order valence-electron chi connectivity index (χ2n) is 6.59. The molecule has 8 heteroatoms. The Bertz CT molecular complexity index is 1100. The number of nitrogens with zero attached hydrogens (tertiary/aromatic N) is 3. The molecule has 0 aliphatic carbocycles. The van der Waals surface area contributed by atoms with Crippen LogP contribution in [-0.2, 0) is 16.1 Å². The number of hydrogen-bond acceptors (Lipinski definition) is 5. The van der Waals surface area contributed by atoms with Crippen molar-refractivity contribution < 1.29 is 23.2 Å². The molecule has 4 rings (SSSR count). The van der Waals surface area contributed by atoms with Crippen molar-refractivity contribution in [3.05, 3.63) is 77.9 Å². The number of urea groups is 1. The lowest BCUT2D eigenvalue weighted by molar-refractivity contribution is -0.144. The third-order valence-corrected chi connectivity index (χ3v) is 4.70. The minimum atomic E-state index is -0.923. The van der Waals surface area contributed by atoms with Crippen LogP contribution in [0.4, 0.5) is 9.18 Å². The largest absolute Gasteiger partial charge is 0.444 e. The minimum Gasteiger partial charge on any atom is -0.444 e. The second-order valence-corrected chi connectivity index (χ2v) is 6.59. The van der Waals surface area contributed by atoms with Crippen LogP contribution in [-0.4, -0.2) is 32.6 Å². The van der Waals surface area contributed by atoms with E-state index in [4.69, 9.17) is 4.42 Å². The van der Waals surface area contributed by atoms with Crippen molar-refractivity contribution in [3.63, 3.8) is 0 Å². The van der Waals surface area contributed by atoms with Gasteiger partial charge in [0.15, 0.2) is 0 Å². The van der Waals surface area contributed by atoms with Gasteiger partial charge in [-0.1, -0.05) is 36.4 Å². The SMILES string of the molecule is CC(c1ccccc1)N1C(=O)C(=O)N(Cc2coc(-c3cccc(F)c3)n2)C1=O. The van der Waals surface area contributed by atoms with E-state index in [0.717, 1.165) is 15.4 Å². The molecule has 1 atom stereocenters. The van der Waals surface area contributed by atoms with Crippen molar-refractivity contribution in [3.8, 4) is 11.5 Å². The molecule has 4 amide bonds. The molecule has 0 radical (unpaired) electrons. The molecule has 0 spiro atoms. The molecule has 29 heavy (non-hydrogen) atoms. The zero-order valence-corrected chi connectivity index (χ0v) is 15.4. The molecule has 1 unspecified atom stereocenters. The molecule has 2 aromatic carbocycles. The lowest BCUT2D eigenvalue weighted by Crippen LogP contribution is -2.35. The zero-order chi connectivity index (χ0) is 20.5. The topological polar surface area (TPSA) is 83.7 Å². The van der Waals surface area contributed by atoms with Gasteiger partial charge < -0.3 is 4.42 Å². The molecule has 7 nitrogen and oxygen atoms in total. The predicted octanol–water partition coefficient (Wildman–Crippen LogP) is 3.53. The highest BCUT2D eigenvalue weighted by Gasteiger charge is 2.47. The molecule has 0 saturated carbocycles. The Labute approximate surface area is 165 Å². The van der Waals surface area contributed by atoms with Crippen LogP contribution in [0.15, 0.2) is 65.3 Å². The number of oxazole rings is 1. The van der Waals surface area contributed by atoms with E-state index in [1.165, 1.54) is 24.5 Å². The summed E-state index contributed by atoms with van der Waals surface area (Å²) in [4.78, 5) is 43.5. The fraction of sp³-hybridized carbons (Fsp3) is 0.143. The van der Waals surface area contributed by atoms with Gasteiger partial charge >= 0.3 is 17.8 Å².